The monoisotopic (exact) mass is 798 g/mol. The maximum atomic E-state index is 12.7. The fraction of sp³-hybridized carbons (Fsp3) is 0.822. The lowest BCUT2D eigenvalue weighted by Crippen LogP contribution is -2.37. The standard InChI is InChI=1S/C45H84NO8P/c1-6-8-10-12-14-16-18-20-22-24-26-28-30-32-34-36-38-45(48)54-43(42-53-55(49,50)52-40-39-46(3,4)5)41-51-44(47)37-35-33-31-29-27-25-23-21-19-17-15-13-11-9-7-2/h9,11,15,17,21,23,43H,6-8,10,12-14,16,18-20,22,24-42H2,1-5H3/b11-9+,17-15+,23-21+. The molecule has 0 heterocycles. The topological polar surface area (TPSA) is 111 Å². The van der Waals surface area contributed by atoms with Gasteiger partial charge in [-0.2, -0.15) is 0 Å². The number of carbonyl (C=O) groups excluding carboxylic acids is 2. The first kappa shape index (κ1) is 53.2. The summed E-state index contributed by atoms with van der Waals surface area (Å²) >= 11 is 0. The van der Waals surface area contributed by atoms with Gasteiger partial charge in [0.25, 0.3) is 7.82 Å². The van der Waals surface area contributed by atoms with E-state index >= 15 is 0 Å². The van der Waals surface area contributed by atoms with Crippen LogP contribution in [0.2, 0.25) is 0 Å². The van der Waals surface area contributed by atoms with Crippen molar-refractivity contribution in [1.82, 2.24) is 0 Å². The highest BCUT2D eigenvalue weighted by Crippen LogP contribution is 2.38. The summed E-state index contributed by atoms with van der Waals surface area (Å²) in [4.78, 5) is 37.5. The molecule has 0 saturated carbocycles. The number of nitrogens with zero attached hydrogens (tertiary/aromatic N) is 1. The maximum absolute atomic E-state index is 12.7. The molecule has 0 aromatic rings. The molecule has 2 unspecified atom stereocenters. The van der Waals surface area contributed by atoms with E-state index in [1.165, 1.54) is 83.5 Å². The first-order valence-corrected chi connectivity index (χ1v) is 23.7. The Kier molecular flexibility index (Phi) is 36.6. The normalized spacial score (nSPS) is 13.9. The van der Waals surface area contributed by atoms with Gasteiger partial charge < -0.3 is 27.9 Å². The van der Waals surface area contributed by atoms with Crippen molar-refractivity contribution in [2.24, 2.45) is 0 Å². The molecule has 0 aliphatic rings. The van der Waals surface area contributed by atoms with E-state index in [-0.39, 0.29) is 26.1 Å². The molecular weight excluding hydrogens is 713 g/mol. The van der Waals surface area contributed by atoms with E-state index in [9.17, 15) is 19.0 Å². The lowest BCUT2D eigenvalue weighted by Gasteiger charge is -2.28. The minimum Gasteiger partial charge on any atom is -0.756 e. The average Bonchev–Trinajstić information content (AvgIpc) is 3.13. The zero-order valence-corrected chi connectivity index (χ0v) is 37.0. The lowest BCUT2D eigenvalue weighted by atomic mass is 10.0. The van der Waals surface area contributed by atoms with Gasteiger partial charge in [-0.05, 0) is 44.9 Å². The number of phosphoric ester groups is 1. The summed E-state index contributed by atoms with van der Waals surface area (Å²) in [6.07, 6.45) is 41.6. The van der Waals surface area contributed by atoms with Crippen LogP contribution in [0.5, 0.6) is 0 Å². The van der Waals surface area contributed by atoms with Crippen molar-refractivity contribution in [3.8, 4) is 0 Å². The van der Waals surface area contributed by atoms with Crippen LogP contribution in [-0.2, 0) is 32.7 Å². The molecule has 55 heavy (non-hydrogen) atoms. The summed E-state index contributed by atoms with van der Waals surface area (Å²) in [7, 11) is 1.16. The Hall–Kier alpha value is -1.77. The third-order valence-corrected chi connectivity index (χ3v) is 10.4. The van der Waals surface area contributed by atoms with Crippen LogP contribution in [0.4, 0.5) is 0 Å². The zero-order chi connectivity index (χ0) is 40.7. The molecule has 322 valence electrons. The summed E-state index contributed by atoms with van der Waals surface area (Å²) in [6, 6.07) is 0. The van der Waals surface area contributed by atoms with Crippen LogP contribution in [0.1, 0.15) is 187 Å². The third-order valence-electron chi connectivity index (χ3n) is 9.42. The molecule has 9 nitrogen and oxygen atoms in total. The molecule has 0 spiro atoms. The number of allylic oxidation sites excluding steroid dienone is 6. The van der Waals surface area contributed by atoms with Crippen LogP contribution in [0.15, 0.2) is 36.5 Å². The second kappa shape index (κ2) is 37.8. The minimum absolute atomic E-state index is 0.0330. The number of quaternary nitrogens is 1. The summed E-state index contributed by atoms with van der Waals surface area (Å²) in [5, 5.41) is 0. The SMILES string of the molecule is CC/C=C/C/C=C/C/C=C/CCCCCCCC(=O)OCC(COP(=O)([O-])OCC[N+](C)(C)C)OC(=O)CCCCCCCCCCCCCCCCCC. The third kappa shape index (κ3) is 41.7. The largest absolute Gasteiger partial charge is 0.756 e. The Labute approximate surface area is 338 Å². The van der Waals surface area contributed by atoms with Crippen LogP contribution < -0.4 is 4.89 Å². The molecular formula is C45H84NO8P. The van der Waals surface area contributed by atoms with Crippen molar-refractivity contribution in [2.45, 2.75) is 193 Å². The average molecular weight is 798 g/mol. The quantitative estimate of drug-likeness (QED) is 0.0198. The Morgan fingerprint density at radius 2 is 1.04 bits per heavy atom. The van der Waals surface area contributed by atoms with E-state index in [0.29, 0.717) is 23.9 Å². The van der Waals surface area contributed by atoms with E-state index in [1.807, 2.05) is 21.1 Å². The Morgan fingerprint density at radius 1 is 0.582 bits per heavy atom. The van der Waals surface area contributed by atoms with Gasteiger partial charge in [0.2, 0.25) is 0 Å². The molecule has 0 radical (unpaired) electrons. The van der Waals surface area contributed by atoms with E-state index in [2.05, 4.69) is 50.3 Å². The number of hydrogen-bond acceptors (Lipinski definition) is 8. The van der Waals surface area contributed by atoms with Crippen molar-refractivity contribution in [1.29, 1.82) is 0 Å². The van der Waals surface area contributed by atoms with Crippen LogP contribution in [-0.4, -0.2) is 70.0 Å². The molecule has 2 atom stereocenters. The summed E-state index contributed by atoms with van der Waals surface area (Å²) in [5.41, 5.74) is 0. The molecule has 0 aliphatic carbocycles. The van der Waals surface area contributed by atoms with Gasteiger partial charge in [0.15, 0.2) is 6.10 Å². The molecule has 0 fully saturated rings. The van der Waals surface area contributed by atoms with Crippen LogP contribution in [0.3, 0.4) is 0 Å². The summed E-state index contributed by atoms with van der Waals surface area (Å²) in [6.45, 7) is 4.11. The van der Waals surface area contributed by atoms with Crippen molar-refractivity contribution in [3.63, 3.8) is 0 Å². The van der Waals surface area contributed by atoms with Gasteiger partial charge in [-0.1, -0.05) is 166 Å². The molecule has 0 rings (SSSR count). The number of rotatable bonds is 40. The van der Waals surface area contributed by atoms with Gasteiger partial charge in [-0.15, -0.1) is 0 Å². The van der Waals surface area contributed by atoms with E-state index in [1.54, 1.807) is 0 Å². The maximum Gasteiger partial charge on any atom is 0.306 e. The van der Waals surface area contributed by atoms with Gasteiger partial charge in [-0.25, -0.2) is 0 Å². The Morgan fingerprint density at radius 3 is 1.55 bits per heavy atom. The van der Waals surface area contributed by atoms with Crippen LogP contribution in [0.25, 0.3) is 0 Å². The van der Waals surface area contributed by atoms with Gasteiger partial charge >= 0.3 is 11.9 Å². The number of unbranched alkanes of at least 4 members (excludes halogenated alkanes) is 20. The smallest absolute Gasteiger partial charge is 0.306 e. The van der Waals surface area contributed by atoms with Crippen molar-refractivity contribution < 1.29 is 42.1 Å². The second-order valence-electron chi connectivity index (χ2n) is 16.0. The summed E-state index contributed by atoms with van der Waals surface area (Å²) in [5.74, 6) is -0.850. The number of ether oxygens (including phenoxy) is 2. The lowest BCUT2D eigenvalue weighted by molar-refractivity contribution is -0.870. The zero-order valence-electron chi connectivity index (χ0n) is 36.1. The highest BCUT2D eigenvalue weighted by atomic mass is 31.2. The number of hydrogen-bond donors (Lipinski definition) is 0. The Bertz CT molecular complexity index is 1040. The van der Waals surface area contributed by atoms with Gasteiger partial charge in [0.1, 0.15) is 19.8 Å². The van der Waals surface area contributed by atoms with E-state index in [0.717, 1.165) is 64.2 Å². The first-order chi connectivity index (χ1) is 26.5. The number of carbonyl (C=O) groups is 2. The molecule has 0 saturated heterocycles. The predicted molar refractivity (Wildman–Crippen MR) is 227 cm³/mol. The van der Waals surface area contributed by atoms with Crippen LogP contribution >= 0.6 is 7.82 Å². The molecule has 10 heteroatoms. The van der Waals surface area contributed by atoms with Crippen molar-refractivity contribution >= 4 is 19.8 Å². The molecule has 0 amide bonds. The highest BCUT2D eigenvalue weighted by Gasteiger charge is 2.21. The molecule has 0 bridgehead atoms. The van der Waals surface area contributed by atoms with E-state index < -0.39 is 32.5 Å². The fourth-order valence-corrected chi connectivity index (χ4v) is 6.69. The molecule has 0 aromatic heterocycles. The fourth-order valence-electron chi connectivity index (χ4n) is 5.96. The van der Waals surface area contributed by atoms with Crippen molar-refractivity contribution in [2.75, 3.05) is 47.5 Å². The van der Waals surface area contributed by atoms with Crippen LogP contribution in [0, 0.1) is 0 Å². The van der Waals surface area contributed by atoms with Gasteiger partial charge in [0, 0.05) is 12.8 Å². The van der Waals surface area contributed by atoms with Gasteiger partial charge in [0.05, 0.1) is 27.7 Å². The second-order valence-corrected chi connectivity index (χ2v) is 17.4. The predicted octanol–water partition coefficient (Wildman–Crippen LogP) is 11.9. The van der Waals surface area contributed by atoms with Crippen molar-refractivity contribution in [3.05, 3.63) is 36.5 Å². The molecule has 0 N–H and O–H groups in total. The molecule has 0 aliphatic heterocycles. The summed E-state index contributed by atoms with van der Waals surface area (Å²) < 4.78 is 33.9. The highest BCUT2D eigenvalue weighted by molar-refractivity contribution is 7.45. The van der Waals surface area contributed by atoms with E-state index in [4.69, 9.17) is 18.5 Å². The Balaban J connectivity index is 4.36. The van der Waals surface area contributed by atoms with Gasteiger partial charge in [-0.3, -0.25) is 14.2 Å². The number of likely N-dealkylation sites (N-methyl/N-ethyl adjacent to an activating group) is 1. The minimum atomic E-state index is -4.63. The number of esters is 2. The first-order valence-electron chi connectivity index (χ1n) is 22.2. The number of phosphoric acid groups is 1. The molecule has 0 aromatic carbocycles.